The van der Waals surface area contributed by atoms with E-state index in [0.717, 1.165) is 21.7 Å². The summed E-state index contributed by atoms with van der Waals surface area (Å²) in [7, 11) is 0. The SMILES string of the molecule is N.Nc1cc(F)c(-n2nc(-c3ccc(S)cc3)c3c(=O)[nH]ccc32)c(F)c1.O.O. The molecule has 4 rings (SSSR count). The first-order chi connectivity index (χ1) is 12.5. The highest BCUT2D eigenvalue weighted by atomic mass is 32.1. The van der Waals surface area contributed by atoms with Crippen molar-refractivity contribution in [1.29, 1.82) is 0 Å². The number of nitrogens with one attached hydrogen (secondary N) is 1. The minimum Gasteiger partial charge on any atom is -0.412 e. The number of pyridine rings is 1. The lowest BCUT2D eigenvalue weighted by molar-refractivity contribution is 0.564. The Bertz CT molecular complexity index is 1190. The minimum absolute atomic E-state index is 0. The molecule has 0 fully saturated rings. The van der Waals surface area contributed by atoms with Crippen LogP contribution < -0.4 is 17.4 Å². The van der Waals surface area contributed by atoms with E-state index in [0.29, 0.717) is 11.3 Å². The van der Waals surface area contributed by atoms with Gasteiger partial charge in [-0.2, -0.15) is 5.10 Å². The van der Waals surface area contributed by atoms with E-state index in [4.69, 9.17) is 5.73 Å². The van der Waals surface area contributed by atoms with Crippen LogP contribution in [0.1, 0.15) is 0 Å². The highest BCUT2D eigenvalue weighted by Crippen LogP contribution is 2.30. The molecule has 11 heteroatoms. The van der Waals surface area contributed by atoms with Crippen molar-refractivity contribution in [2.24, 2.45) is 0 Å². The number of anilines is 1. The maximum Gasteiger partial charge on any atom is 0.259 e. The number of aromatic amines is 1. The van der Waals surface area contributed by atoms with Crippen molar-refractivity contribution in [3.8, 4) is 16.9 Å². The monoisotopic (exact) mass is 423 g/mol. The fourth-order valence-corrected chi connectivity index (χ4v) is 3.01. The predicted octanol–water partition coefficient (Wildman–Crippen LogP) is 2.04. The summed E-state index contributed by atoms with van der Waals surface area (Å²) in [6.07, 6.45) is 1.40. The van der Waals surface area contributed by atoms with Crippen LogP contribution in [0.2, 0.25) is 0 Å². The zero-order valence-electron chi connectivity index (χ0n) is 14.9. The van der Waals surface area contributed by atoms with E-state index in [-0.39, 0.29) is 33.7 Å². The second-order valence-electron chi connectivity index (χ2n) is 5.71. The third kappa shape index (κ3) is 3.98. The summed E-state index contributed by atoms with van der Waals surface area (Å²) in [4.78, 5) is 15.7. The molecular formula is C18H19F2N5O3S. The molecule has 154 valence electrons. The van der Waals surface area contributed by atoms with Crippen molar-refractivity contribution in [3.63, 3.8) is 0 Å². The van der Waals surface area contributed by atoms with Gasteiger partial charge in [0.15, 0.2) is 11.6 Å². The fourth-order valence-electron chi connectivity index (χ4n) is 2.86. The second kappa shape index (κ2) is 8.84. The number of nitrogens with two attached hydrogens (primary N) is 1. The minimum atomic E-state index is -0.871. The topological polar surface area (TPSA) is 175 Å². The number of aromatic nitrogens is 3. The van der Waals surface area contributed by atoms with Crippen LogP contribution >= 0.6 is 12.6 Å². The Morgan fingerprint density at radius 2 is 1.62 bits per heavy atom. The Morgan fingerprint density at radius 3 is 2.21 bits per heavy atom. The van der Waals surface area contributed by atoms with Crippen LogP contribution in [0.25, 0.3) is 27.8 Å². The summed E-state index contributed by atoms with van der Waals surface area (Å²) < 4.78 is 29.9. The number of halogens is 2. The molecule has 0 unspecified atom stereocenters. The maximum absolute atomic E-state index is 14.4. The standard InChI is InChI=1S/C18H12F2N4OS.H3N.2H2O/c19-12-7-10(21)8-13(20)17(12)24-14-5-6-22-18(25)15(14)16(23-24)9-1-3-11(26)4-2-9;;;/h1-8,26H,21H2,(H,22,25);1H3;2*1H2. The molecule has 0 amide bonds. The molecule has 2 heterocycles. The summed E-state index contributed by atoms with van der Waals surface area (Å²) >= 11 is 4.23. The van der Waals surface area contributed by atoms with Crippen molar-refractivity contribution in [3.05, 3.63) is 70.6 Å². The molecule has 2 aromatic heterocycles. The number of hydrogen-bond acceptors (Lipinski definition) is 5. The lowest BCUT2D eigenvalue weighted by Crippen LogP contribution is -2.07. The number of H-pyrrole nitrogens is 1. The van der Waals surface area contributed by atoms with Gasteiger partial charge in [-0.3, -0.25) is 4.79 Å². The molecule has 0 aliphatic carbocycles. The Kier molecular flexibility index (Phi) is 7.25. The van der Waals surface area contributed by atoms with Gasteiger partial charge in [-0.05, 0) is 30.3 Å². The number of nitrogens with zero attached hydrogens (tertiary/aromatic N) is 2. The lowest BCUT2D eigenvalue weighted by atomic mass is 10.1. The molecule has 0 saturated heterocycles. The van der Waals surface area contributed by atoms with Crippen molar-refractivity contribution in [2.75, 3.05) is 5.73 Å². The summed E-state index contributed by atoms with van der Waals surface area (Å²) in [5.74, 6) is -1.74. The van der Waals surface area contributed by atoms with Gasteiger partial charge in [0, 0.05) is 22.3 Å². The van der Waals surface area contributed by atoms with E-state index in [9.17, 15) is 13.6 Å². The molecule has 8 nitrogen and oxygen atoms in total. The number of fused-ring (bicyclic) bond motifs is 1. The van der Waals surface area contributed by atoms with Gasteiger partial charge >= 0.3 is 0 Å². The molecule has 4 aromatic rings. The van der Waals surface area contributed by atoms with E-state index in [1.54, 1.807) is 24.3 Å². The molecule has 0 radical (unpaired) electrons. The van der Waals surface area contributed by atoms with E-state index in [1.165, 1.54) is 12.3 Å². The molecule has 0 atom stereocenters. The van der Waals surface area contributed by atoms with E-state index >= 15 is 0 Å². The molecule has 10 N–H and O–H groups in total. The van der Waals surface area contributed by atoms with Gasteiger partial charge < -0.3 is 27.8 Å². The van der Waals surface area contributed by atoms with Crippen molar-refractivity contribution in [1.82, 2.24) is 20.9 Å². The number of hydrogen-bond donors (Lipinski definition) is 4. The van der Waals surface area contributed by atoms with Crippen LogP contribution in [0.5, 0.6) is 0 Å². The number of thiol groups is 1. The normalized spacial score (nSPS) is 10.0. The van der Waals surface area contributed by atoms with Crippen LogP contribution in [0.15, 0.2) is 58.4 Å². The Labute approximate surface area is 168 Å². The molecule has 0 aliphatic rings. The molecule has 29 heavy (non-hydrogen) atoms. The van der Waals surface area contributed by atoms with Gasteiger partial charge in [-0.1, -0.05) is 12.1 Å². The average molecular weight is 423 g/mol. The highest BCUT2D eigenvalue weighted by Gasteiger charge is 2.21. The smallest absolute Gasteiger partial charge is 0.259 e. The van der Waals surface area contributed by atoms with Crippen LogP contribution in [-0.4, -0.2) is 25.7 Å². The molecular weight excluding hydrogens is 404 g/mol. The van der Waals surface area contributed by atoms with Gasteiger partial charge in [0.25, 0.3) is 5.56 Å². The summed E-state index contributed by atoms with van der Waals surface area (Å²) in [6, 6.07) is 10.5. The number of rotatable bonds is 2. The Morgan fingerprint density at radius 1 is 1.03 bits per heavy atom. The van der Waals surface area contributed by atoms with Gasteiger partial charge in [-0.15, -0.1) is 12.6 Å². The summed E-state index contributed by atoms with van der Waals surface area (Å²) in [5, 5.41) is 4.55. The van der Waals surface area contributed by atoms with E-state index in [2.05, 4.69) is 22.7 Å². The van der Waals surface area contributed by atoms with E-state index < -0.39 is 22.9 Å². The van der Waals surface area contributed by atoms with Gasteiger partial charge in [0.1, 0.15) is 11.4 Å². The van der Waals surface area contributed by atoms with Crippen LogP contribution in [0.4, 0.5) is 14.5 Å². The van der Waals surface area contributed by atoms with Crippen LogP contribution in [0, 0.1) is 11.6 Å². The number of benzene rings is 2. The summed E-state index contributed by atoms with van der Waals surface area (Å²) in [5.41, 5.74) is 5.85. The summed E-state index contributed by atoms with van der Waals surface area (Å²) in [6.45, 7) is 0. The molecule has 0 bridgehead atoms. The first kappa shape index (κ1) is 23.8. The highest BCUT2D eigenvalue weighted by molar-refractivity contribution is 7.80. The first-order valence-corrected chi connectivity index (χ1v) is 8.05. The number of nitrogen functional groups attached to an aromatic ring is 1. The van der Waals surface area contributed by atoms with Gasteiger partial charge in [-0.25, -0.2) is 13.5 Å². The Balaban J connectivity index is 0.00000140. The average Bonchev–Trinajstić information content (AvgIpc) is 2.95. The third-order valence-corrected chi connectivity index (χ3v) is 4.29. The quantitative estimate of drug-likeness (QED) is 0.285. The molecule has 2 aromatic carbocycles. The predicted molar refractivity (Wildman–Crippen MR) is 111 cm³/mol. The lowest BCUT2D eigenvalue weighted by Gasteiger charge is -2.07. The maximum atomic E-state index is 14.4. The van der Waals surface area contributed by atoms with Crippen LogP contribution in [-0.2, 0) is 0 Å². The van der Waals surface area contributed by atoms with E-state index in [1.807, 2.05) is 0 Å². The largest absolute Gasteiger partial charge is 0.412 e. The van der Waals surface area contributed by atoms with Crippen molar-refractivity contribution < 1.29 is 19.7 Å². The first-order valence-electron chi connectivity index (χ1n) is 7.60. The van der Waals surface area contributed by atoms with Crippen LogP contribution in [0.3, 0.4) is 0 Å². The Hall–Kier alpha value is -3.25. The van der Waals surface area contributed by atoms with Gasteiger partial charge in [0.05, 0.1) is 10.9 Å². The third-order valence-electron chi connectivity index (χ3n) is 4.00. The second-order valence-corrected chi connectivity index (χ2v) is 6.22. The zero-order chi connectivity index (χ0) is 18.4. The molecule has 0 aliphatic heterocycles. The van der Waals surface area contributed by atoms with Gasteiger partial charge in [0.2, 0.25) is 0 Å². The van der Waals surface area contributed by atoms with Crippen molar-refractivity contribution in [2.45, 2.75) is 4.90 Å². The molecule has 0 spiro atoms. The molecule has 0 saturated carbocycles. The zero-order valence-corrected chi connectivity index (χ0v) is 15.8. The fraction of sp³-hybridized carbons (Fsp3) is 0. The van der Waals surface area contributed by atoms with Crippen molar-refractivity contribution >= 4 is 29.2 Å².